The second kappa shape index (κ2) is 7.40. The molecule has 23 heavy (non-hydrogen) atoms. The third-order valence-electron chi connectivity index (χ3n) is 4.19. The molecule has 2 fully saturated rings. The van der Waals surface area contributed by atoms with Crippen LogP contribution in [0.4, 0.5) is 0 Å². The summed E-state index contributed by atoms with van der Waals surface area (Å²) in [5, 5.41) is 23.6. The van der Waals surface area contributed by atoms with Crippen molar-refractivity contribution in [2.24, 2.45) is 0 Å². The van der Waals surface area contributed by atoms with Gasteiger partial charge in [0.1, 0.15) is 12.1 Å². The molecule has 0 unspecified atom stereocenters. The predicted molar refractivity (Wildman–Crippen MR) is 77.6 cm³/mol. The molecular formula is C14H21N3O6. The number of aliphatic carboxylic acids is 2. The quantitative estimate of drug-likeness (QED) is 0.480. The molecule has 2 aliphatic heterocycles. The number of nitrogens with zero attached hydrogens (tertiary/aromatic N) is 1. The molecule has 0 spiro atoms. The smallest absolute Gasteiger partial charge is 0.326 e. The third-order valence-corrected chi connectivity index (χ3v) is 4.19. The molecule has 0 aliphatic carbocycles. The van der Waals surface area contributed by atoms with Crippen LogP contribution in [0.3, 0.4) is 0 Å². The van der Waals surface area contributed by atoms with Crippen molar-refractivity contribution in [1.29, 1.82) is 0 Å². The molecule has 0 saturated carbocycles. The van der Waals surface area contributed by atoms with E-state index in [0.29, 0.717) is 25.8 Å². The lowest BCUT2D eigenvalue weighted by Gasteiger charge is -2.27. The first-order valence-electron chi connectivity index (χ1n) is 7.69. The molecule has 0 aromatic carbocycles. The summed E-state index contributed by atoms with van der Waals surface area (Å²) < 4.78 is 0. The lowest BCUT2D eigenvalue weighted by atomic mass is 10.1. The van der Waals surface area contributed by atoms with E-state index in [2.05, 4.69) is 10.6 Å². The van der Waals surface area contributed by atoms with E-state index < -0.39 is 48.3 Å². The Morgan fingerprint density at radius 3 is 2.48 bits per heavy atom. The zero-order valence-corrected chi connectivity index (χ0v) is 12.7. The van der Waals surface area contributed by atoms with Gasteiger partial charge >= 0.3 is 11.9 Å². The minimum Gasteiger partial charge on any atom is -0.481 e. The lowest BCUT2D eigenvalue weighted by Crippen LogP contribution is -2.55. The van der Waals surface area contributed by atoms with Crippen molar-refractivity contribution in [2.45, 2.75) is 50.2 Å². The molecule has 2 amide bonds. The number of carboxylic acids is 2. The maximum absolute atomic E-state index is 12.5. The largest absolute Gasteiger partial charge is 0.481 e. The van der Waals surface area contributed by atoms with Gasteiger partial charge in [-0.15, -0.1) is 0 Å². The first-order valence-corrected chi connectivity index (χ1v) is 7.69. The zero-order valence-electron chi connectivity index (χ0n) is 12.7. The Hall–Kier alpha value is -2.16. The van der Waals surface area contributed by atoms with Gasteiger partial charge in [-0.1, -0.05) is 0 Å². The van der Waals surface area contributed by atoms with E-state index in [1.54, 1.807) is 0 Å². The van der Waals surface area contributed by atoms with Crippen LogP contribution in [0.25, 0.3) is 0 Å². The maximum atomic E-state index is 12.5. The summed E-state index contributed by atoms with van der Waals surface area (Å²) in [7, 11) is 0. The van der Waals surface area contributed by atoms with Crippen LogP contribution < -0.4 is 10.6 Å². The minimum absolute atomic E-state index is 0.253. The zero-order chi connectivity index (χ0) is 17.0. The number of carbonyl (C=O) groups is 4. The number of hydrogen-bond acceptors (Lipinski definition) is 5. The first-order chi connectivity index (χ1) is 10.9. The van der Waals surface area contributed by atoms with Crippen molar-refractivity contribution in [3.8, 4) is 0 Å². The van der Waals surface area contributed by atoms with Gasteiger partial charge in [0.2, 0.25) is 11.8 Å². The third kappa shape index (κ3) is 4.19. The van der Waals surface area contributed by atoms with Crippen LogP contribution in [0.1, 0.15) is 32.1 Å². The number of carbonyl (C=O) groups excluding carboxylic acids is 2. The predicted octanol–water partition coefficient (Wildman–Crippen LogP) is -1.23. The number of hydrogen-bond donors (Lipinski definition) is 4. The van der Waals surface area contributed by atoms with Crippen LogP contribution in [0.5, 0.6) is 0 Å². The molecule has 2 heterocycles. The van der Waals surface area contributed by atoms with E-state index in [1.165, 1.54) is 0 Å². The summed E-state index contributed by atoms with van der Waals surface area (Å²) in [6.45, 7) is 0.951. The van der Waals surface area contributed by atoms with E-state index >= 15 is 0 Å². The molecule has 0 radical (unpaired) electrons. The first kappa shape index (κ1) is 17.2. The molecule has 4 N–H and O–H groups in total. The van der Waals surface area contributed by atoms with E-state index in [-0.39, 0.29) is 6.54 Å². The molecule has 2 saturated heterocycles. The van der Waals surface area contributed by atoms with Gasteiger partial charge < -0.3 is 25.7 Å². The van der Waals surface area contributed by atoms with Crippen LogP contribution in [-0.4, -0.2) is 70.1 Å². The van der Waals surface area contributed by atoms with Gasteiger partial charge in [0.15, 0.2) is 0 Å². The Kier molecular flexibility index (Phi) is 5.54. The standard InChI is InChI=1S/C14H21N3O6/c18-11(19)7-9(16-12(20)8-3-1-5-15-8)13(21)17-6-2-4-10(17)14(22)23/h8-10,15H,1-7H2,(H,16,20)(H,18,19)(H,22,23)/t8-,9-,10+/m0/s1. The molecule has 2 rings (SSSR count). The second-order valence-electron chi connectivity index (χ2n) is 5.84. The maximum Gasteiger partial charge on any atom is 0.326 e. The number of carboxylic acid groups (broad SMARTS) is 2. The Morgan fingerprint density at radius 2 is 1.91 bits per heavy atom. The van der Waals surface area contributed by atoms with Gasteiger partial charge in [0.25, 0.3) is 0 Å². The highest BCUT2D eigenvalue weighted by Crippen LogP contribution is 2.19. The summed E-state index contributed by atoms with van der Waals surface area (Å²) in [6, 6.07) is -2.64. The summed E-state index contributed by atoms with van der Waals surface area (Å²) in [5.41, 5.74) is 0. The average Bonchev–Trinajstić information content (AvgIpc) is 3.16. The van der Waals surface area contributed by atoms with Gasteiger partial charge in [-0.25, -0.2) is 4.79 Å². The molecule has 9 heteroatoms. The molecular weight excluding hydrogens is 306 g/mol. The van der Waals surface area contributed by atoms with Crippen LogP contribution in [0, 0.1) is 0 Å². The molecule has 128 valence electrons. The second-order valence-corrected chi connectivity index (χ2v) is 5.84. The normalized spacial score (nSPS) is 25.1. The van der Waals surface area contributed by atoms with Crippen LogP contribution in [0.15, 0.2) is 0 Å². The van der Waals surface area contributed by atoms with Crippen molar-refractivity contribution >= 4 is 23.8 Å². The molecule has 0 aromatic rings. The SMILES string of the molecule is O=C(O)C[C@H](NC(=O)[C@@H]1CCCN1)C(=O)N1CCC[C@@H]1C(=O)O. The number of rotatable bonds is 6. The summed E-state index contributed by atoms with van der Waals surface area (Å²) >= 11 is 0. The fourth-order valence-electron chi connectivity index (χ4n) is 3.04. The van der Waals surface area contributed by atoms with Gasteiger partial charge in [-0.3, -0.25) is 14.4 Å². The van der Waals surface area contributed by atoms with E-state index in [1.807, 2.05) is 0 Å². The molecule has 0 bridgehead atoms. The monoisotopic (exact) mass is 327 g/mol. The van der Waals surface area contributed by atoms with E-state index in [9.17, 15) is 19.2 Å². The van der Waals surface area contributed by atoms with Crippen molar-refractivity contribution in [3.63, 3.8) is 0 Å². The summed E-state index contributed by atoms with van der Waals surface area (Å²) in [6.07, 6.45) is 1.77. The van der Waals surface area contributed by atoms with Crippen LogP contribution in [0.2, 0.25) is 0 Å². The van der Waals surface area contributed by atoms with Gasteiger partial charge in [-0.2, -0.15) is 0 Å². The summed E-state index contributed by atoms with van der Waals surface area (Å²) in [5.74, 6) is -3.42. The highest BCUT2D eigenvalue weighted by Gasteiger charge is 2.39. The van der Waals surface area contributed by atoms with Crippen molar-refractivity contribution in [2.75, 3.05) is 13.1 Å². The van der Waals surface area contributed by atoms with Gasteiger partial charge in [0.05, 0.1) is 12.5 Å². The minimum atomic E-state index is -1.25. The highest BCUT2D eigenvalue weighted by atomic mass is 16.4. The van der Waals surface area contributed by atoms with Crippen LogP contribution >= 0.6 is 0 Å². The Morgan fingerprint density at radius 1 is 1.17 bits per heavy atom. The number of likely N-dealkylation sites (tertiary alicyclic amines) is 1. The average molecular weight is 327 g/mol. The van der Waals surface area contributed by atoms with E-state index in [0.717, 1.165) is 11.3 Å². The lowest BCUT2D eigenvalue weighted by molar-refractivity contribution is -0.150. The number of nitrogens with one attached hydrogen (secondary N) is 2. The number of amides is 2. The van der Waals surface area contributed by atoms with Crippen molar-refractivity contribution < 1.29 is 29.4 Å². The topological polar surface area (TPSA) is 136 Å². The van der Waals surface area contributed by atoms with Crippen LogP contribution in [-0.2, 0) is 19.2 Å². The van der Waals surface area contributed by atoms with Crippen molar-refractivity contribution in [1.82, 2.24) is 15.5 Å². The summed E-state index contributed by atoms with van der Waals surface area (Å²) in [4.78, 5) is 48.0. The fourth-order valence-corrected chi connectivity index (χ4v) is 3.04. The van der Waals surface area contributed by atoms with Gasteiger partial charge in [0, 0.05) is 6.54 Å². The molecule has 0 aromatic heterocycles. The molecule has 2 aliphatic rings. The highest BCUT2D eigenvalue weighted by molar-refractivity contribution is 5.94. The van der Waals surface area contributed by atoms with E-state index in [4.69, 9.17) is 10.2 Å². The fraction of sp³-hybridized carbons (Fsp3) is 0.714. The Balaban J connectivity index is 2.07. The molecule has 9 nitrogen and oxygen atoms in total. The molecule has 3 atom stereocenters. The van der Waals surface area contributed by atoms with Crippen molar-refractivity contribution in [3.05, 3.63) is 0 Å². The Bertz CT molecular complexity index is 503. The van der Waals surface area contributed by atoms with Gasteiger partial charge in [-0.05, 0) is 32.2 Å². The Labute approximate surface area is 133 Å².